The summed E-state index contributed by atoms with van der Waals surface area (Å²) in [6, 6.07) is 10.5. The van der Waals surface area contributed by atoms with Gasteiger partial charge in [0.15, 0.2) is 0 Å². The van der Waals surface area contributed by atoms with Crippen LogP contribution >= 0.6 is 11.6 Å². The van der Waals surface area contributed by atoms with Crippen molar-refractivity contribution < 1.29 is 32.7 Å². The van der Waals surface area contributed by atoms with Crippen LogP contribution in [0.1, 0.15) is 12.8 Å². The van der Waals surface area contributed by atoms with Crippen LogP contribution in [0, 0.1) is 11.3 Å². The Labute approximate surface area is 191 Å². The van der Waals surface area contributed by atoms with Gasteiger partial charge < -0.3 is 20.6 Å². The van der Waals surface area contributed by atoms with E-state index in [0.29, 0.717) is 29.5 Å². The Balaban J connectivity index is 0.000000383. The van der Waals surface area contributed by atoms with Crippen LogP contribution in [0.5, 0.6) is 0 Å². The van der Waals surface area contributed by atoms with Crippen molar-refractivity contribution in [3.63, 3.8) is 0 Å². The average molecular weight is 485 g/mol. The molecule has 1 spiro atoms. The van der Waals surface area contributed by atoms with Gasteiger partial charge in [-0.15, -0.1) is 0 Å². The molecule has 8 nitrogen and oxygen atoms in total. The number of benzene rings is 1. The molecule has 0 radical (unpaired) electrons. The molecule has 2 atom stereocenters. The van der Waals surface area contributed by atoms with Crippen molar-refractivity contribution in [2.24, 2.45) is 11.3 Å². The third-order valence-corrected chi connectivity index (χ3v) is 5.70. The normalized spacial score (nSPS) is 21.1. The lowest BCUT2D eigenvalue weighted by Gasteiger charge is -2.17. The van der Waals surface area contributed by atoms with E-state index in [0.717, 1.165) is 12.8 Å². The van der Waals surface area contributed by atoms with Gasteiger partial charge in [-0.3, -0.25) is 9.78 Å². The van der Waals surface area contributed by atoms with Crippen molar-refractivity contribution >= 4 is 40.9 Å². The standard InChI is InChI=1S/C19H19ClN4O2.C2HF3O2/c20-13-3-5-14(6-4-13)23-18(26)24-9-7-19(12-24)10-16(19)17(25)22-15-2-1-8-21-11-15;3-2(4,5)1(6)7/h1-6,8,11,16H,7,9-10,12H2,(H,22,25)(H,23,26);(H,6,7). The number of carbonyl (C=O) groups excluding carboxylic acids is 2. The van der Waals surface area contributed by atoms with Gasteiger partial charge in [0, 0.05) is 41.3 Å². The van der Waals surface area contributed by atoms with Gasteiger partial charge >= 0.3 is 18.2 Å². The van der Waals surface area contributed by atoms with Crippen molar-refractivity contribution in [3.05, 3.63) is 53.8 Å². The lowest BCUT2D eigenvalue weighted by atomic mass is 10.0. The second-order valence-corrected chi connectivity index (χ2v) is 8.20. The number of carbonyl (C=O) groups is 3. The quantitative estimate of drug-likeness (QED) is 0.603. The molecule has 2 unspecified atom stereocenters. The van der Waals surface area contributed by atoms with Gasteiger partial charge in [0.25, 0.3) is 0 Å². The number of amides is 3. The predicted molar refractivity (Wildman–Crippen MR) is 114 cm³/mol. The van der Waals surface area contributed by atoms with Crippen LogP contribution in [0.3, 0.4) is 0 Å². The number of nitrogens with zero attached hydrogens (tertiary/aromatic N) is 2. The summed E-state index contributed by atoms with van der Waals surface area (Å²) in [7, 11) is 0. The fourth-order valence-corrected chi connectivity index (χ4v) is 3.77. The minimum Gasteiger partial charge on any atom is -0.475 e. The number of carboxylic acid groups (broad SMARTS) is 1. The number of likely N-dealkylation sites (tertiary alicyclic amines) is 1. The number of halogens is 4. The van der Waals surface area contributed by atoms with E-state index in [1.807, 2.05) is 6.07 Å². The first-order valence-electron chi connectivity index (χ1n) is 9.83. The molecule has 12 heteroatoms. The second-order valence-electron chi connectivity index (χ2n) is 7.76. The molecular weight excluding hydrogens is 465 g/mol. The number of aliphatic carboxylic acids is 1. The molecular formula is C21H20ClF3N4O4. The molecule has 2 aliphatic rings. The maximum absolute atomic E-state index is 12.5. The first kappa shape index (κ1) is 24.3. The largest absolute Gasteiger partial charge is 0.490 e. The number of anilines is 2. The zero-order chi connectivity index (χ0) is 24.2. The van der Waals surface area contributed by atoms with Gasteiger partial charge in [0.05, 0.1) is 11.9 Å². The highest BCUT2D eigenvalue weighted by Crippen LogP contribution is 2.58. The summed E-state index contributed by atoms with van der Waals surface area (Å²) < 4.78 is 31.7. The Hall–Kier alpha value is -3.34. The highest BCUT2D eigenvalue weighted by molar-refractivity contribution is 6.30. The van der Waals surface area contributed by atoms with E-state index in [4.69, 9.17) is 21.5 Å². The van der Waals surface area contributed by atoms with Crippen LogP contribution in [-0.2, 0) is 9.59 Å². The van der Waals surface area contributed by atoms with E-state index >= 15 is 0 Å². The smallest absolute Gasteiger partial charge is 0.475 e. The first-order chi connectivity index (χ1) is 15.5. The van der Waals surface area contributed by atoms with E-state index in [1.54, 1.807) is 47.6 Å². The molecule has 2 fully saturated rings. The topological polar surface area (TPSA) is 112 Å². The van der Waals surface area contributed by atoms with Crippen LogP contribution in [0.15, 0.2) is 48.8 Å². The summed E-state index contributed by atoms with van der Waals surface area (Å²) in [5.41, 5.74) is 1.33. The van der Waals surface area contributed by atoms with E-state index in [-0.39, 0.29) is 23.3 Å². The number of nitrogens with one attached hydrogen (secondary N) is 2. The number of aromatic nitrogens is 1. The summed E-state index contributed by atoms with van der Waals surface area (Å²) in [4.78, 5) is 39.6. The van der Waals surface area contributed by atoms with Crippen LogP contribution in [0.4, 0.5) is 29.3 Å². The Kier molecular flexibility index (Phi) is 7.11. The molecule has 1 aliphatic heterocycles. The summed E-state index contributed by atoms with van der Waals surface area (Å²) >= 11 is 5.86. The first-order valence-corrected chi connectivity index (χ1v) is 10.2. The van der Waals surface area contributed by atoms with Crippen LogP contribution < -0.4 is 10.6 Å². The number of pyridine rings is 1. The van der Waals surface area contributed by atoms with Crippen molar-refractivity contribution in [1.82, 2.24) is 9.88 Å². The third-order valence-electron chi connectivity index (χ3n) is 5.45. The minimum absolute atomic E-state index is 0.0120. The molecule has 1 aliphatic carbocycles. The Morgan fingerprint density at radius 3 is 2.36 bits per heavy atom. The molecule has 4 rings (SSSR count). The second kappa shape index (κ2) is 9.65. The van der Waals surface area contributed by atoms with E-state index in [1.165, 1.54) is 0 Å². The molecule has 0 bridgehead atoms. The van der Waals surface area contributed by atoms with Crippen molar-refractivity contribution in [3.8, 4) is 0 Å². The third kappa shape index (κ3) is 6.35. The van der Waals surface area contributed by atoms with E-state index < -0.39 is 12.1 Å². The van der Waals surface area contributed by atoms with Crippen LogP contribution in [-0.4, -0.2) is 52.2 Å². The van der Waals surface area contributed by atoms with Gasteiger partial charge in [0.1, 0.15) is 0 Å². The fraction of sp³-hybridized carbons (Fsp3) is 0.333. The number of urea groups is 1. The van der Waals surface area contributed by atoms with Gasteiger partial charge in [0.2, 0.25) is 5.91 Å². The van der Waals surface area contributed by atoms with Gasteiger partial charge in [-0.25, -0.2) is 9.59 Å². The monoisotopic (exact) mass is 484 g/mol. The molecule has 3 amide bonds. The highest BCUT2D eigenvalue weighted by Gasteiger charge is 2.61. The number of alkyl halides is 3. The lowest BCUT2D eigenvalue weighted by Crippen LogP contribution is -2.33. The predicted octanol–water partition coefficient (Wildman–Crippen LogP) is 4.25. The number of carboxylic acids is 1. The number of hydrogen-bond donors (Lipinski definition) is 3. The van der Waals surface area contributed by atoms with Gasteiger partial charge in [-0.05, 0) is 49.2 Å². The molecule has 33 heavy (non-hydrogen) atoms. The molecule has 1 saturated heterocycles. The lowest BCUT2D eigenvalue weighted by molar-refractivity contribution is -0.192. The van der Waals surface area contributed by atoms with E-state index in [9.17, 15) is 22.8 Å². The maximum Gasteiger partial charge on any atom is 0.490 e. The van der Waals surface area contributed by atoms with Crippen molar-refractivity contribution in [2.45, 2.75) is 19.0 Å². The molecule has 2 aromatic rings. The summed E-state index contributed by atoms with van der Waals surface area (Å²) in [5.74, 6) is -2.79. The van der Waals surface area contributed by atoms with Crippen LogP contribution in [0.2, 0.25) is 5.02 Å². The summed E-state index contributed by atoms with van der Waals surface area (Å²) in [6.07, 6.45) is -0.105. The zero-order valence-corrected chi connectivity index (χ0v) is 17.9. The van der Waals surface area contributed by atoms with E-state index in [2.05, 4.69) is 15.6 Å². The van der Waals surface area contributed by atoms with Gasteiger partial charge in [-0.1, -0.05) is 11.6 Å². The van der Waals surface area contributed by atoms with Gasteiger partial charge in [-0.2, -0.15) is 13.2 Å². The Morgan fingerprint density at radius 1 is 1.12 bits per heavy atom. The zero-order valence-electron chi connectivity index (χ0n) is 17.1. The number of hydrogen-bond acceptors (Lipinski definition) is 4. The Bertz CT molecular complexity index is 1020. The van der Waals surface area contributed by atoms with Crippen LogP contribution in [0.25, 0.3) is 0 Å². The molecule has 1 aromatic heterocycles. The Morgan fingerprint density at radius 2 is 1.79 bits per heavy atom. The SMILES string of the molecule is O=C(Nc1cccnc1)C1CC12CCN(C(=O)Nc1ccc(Cl)cc1)C2.O=C(O)C(F)(F)F. The minimum atomic E-state index is -5.08. The average Bonchev–Trinajstić information content (AvgIpc) is 3.29. The summed E-state index contributed by atoms with van der Waals surface area (Å²) in [5, 5.41) is 13.5. The molecule has 2 heterocycles. The molecule has 3 N–H and O–H groups in total. The summed E-state index contributed by atoms with van der Waals surface area (Å²) in [6.45, 7) is 1.27. The van der Waals surface area contributed by atoms with Crippen molar-refractivity contribution in [2.75, 3.05) is 23.7 Å². The van der Waals surface area contributed by atoms with Crippen molar-refractivity contribution in [1.29, 1.82) is 0 Å². The molecule has 1 saturated carbocycles. The highest BCUT2D eigenvalue weighted by atomic mass is 35.5. The molecule has 176 valence electrons. The maximum atomic E-state index is 12.5. The number of rotatable bonds is 3. The fourth-order valence-electron chi connectivity index (χ4n) is 3.64. The molecule has 1 aromatic carbocycles.